The summed E-state index contributed by atoms with van der Waals surface area (Å²) in [6, 6.07) is 9.76. The molecule has 1 heterocycles. The van der Waals surface area contributed by atoms with Gasteiger partial charge in [-0.3, -0.25) is 14.4 Å². The number of hydrogen-bond donors (Lipinski definition) is 1. The van der Waals surface area contributed by atoms with Gasteiger partial charge < -0.3 is 19.6 Å². The highest BCUT2D eigenvalue weighted by Crippen LogP contribution is 2.31. The average Bonchev–Trinajstić information content (AvgIpc) is 3.05. The summed E-state index contributed by atoms with van der Waals surface area (Å²) in [4.78, 5) is 39.1. The van der Waals surface area contributed by atoms with Crippen LogP contribution in [0.4, 0.5) is 0 Å². The standard InChI is InChI=1S/C19H26N2O5/c1-15(22)20(10-8-16-6-4-3-5-7-16)12-17(23)21-11-9-19(13-21,14-26-2)18(24)25/h3-7H,8-14H2,1-2H3,(H,24,25). The van der Waals surface area contributed by atoms with Crippen molar-refractivity contribution in [2.75, 3.05) is 39.9 Å². The number of hydrogen-bond acceptors (Lipinski definition) is 4. The molecule has 1 unspecified atom stereocenters. The van der Waals surface area contributed by atoms with Crippen molar-refractivity contribution in [2.24, 2.45) is 5.41 Å². The summed E-state index contributed by atoms with van der Waals surface area (Å²) in [5, 5.41) is 9.49. The van der Waals surface area contributed by atoms with E-state index in [1.807, 2.05) is 30.3 Å². The molecule has 0 saturated carbocycles. The highest BCUT2D eigenvalue weighted by Gasteiger charge is 2.46. The van der Waals surface area contributed by atoms with E-state index in [-0.39, 0.29) is 31.5 Å². The second-order valence-corrected chi connectivity index (χ2v) is 6.76. The van der Waals surface area contributed by atoms with Crippen molar-refractivity contribution in [3.63, 3.8) is 0 Å². The maximum Gasteiger partial charge on any atom is 0.313 e. The van der Waals surface area contributed by atoms with Gasteiger partial charge in [0.1, 0.15) is 5.41 Å². The number of ether oxygens (including phenoxy) is 1. The van der Waals surface area contributed by atoms with Gasteiger partial charge in [-0.1, -0.05) is 30.3 Å². The Balaban J connectivity index is 1.95. The predicted molar refractivity (Wildman–Crippen MR) is 95.5 cm³/mol. The molecule has 142 valence electrons. The highest BCUT2D eigenvalue weighted by atomic mass is 16.5. The zero-order chi connectivity index (χ0) is 19.2. The number of rotatable bonds is 8. The van der Waals surface area contributed by atoms with Gasteiger partial charge in [-0.05, 0) is 18.4 Å². The Hall–Kier alpha value is -2.41. The van der Waals surface area contributed by atoms with Crippen molar-refractivity contribution in [2.45, 2.75) is 19.8 Å². The molecule has 1 atom stereocenters. The molecule has 26 heavy (non-hydrogen) atoms. The van der Waals surface area contributed by atoms with Crippen LogP contribution in [0.5, 0.6) is 0 Å². The number of likely N-dealkylation sites (tertiary alicyclic amines) is 1. The van der Waals surface area contributed by atoms with Gasteiger partial charge >= 0.3 is 5.97 Å². The Kier molecular flexibility index (Phi) is 6.74. The molecule has 7 heteroatoms. The van der Waals surface area contributed by atoms with E-state index in [0.29, 0.717) is 25.9 Å². The molecular weight excluding hydrogens is 336 g/mol. The number of methoxy groups -OCH3 is 1. The summed E-state index contributed by atoms with van der Waals surface area (Å²) in [5.74, 6) is -1.36. The summed E-state index contributed by atoms with van der Waals surface area (Å²) >= 11 is 0. The van der Waals surface area contributed by atoms with E-state index >= 15 is 0 Å². The molecule has 1 aromatic rings. The van der Waals surface area contributed by atoms with Crippen LogP contribution in [0.1, 0.15) is 18.9 Å². The van der Waals surface area contributed by atoms with Crippen molar-refractivity contribution >= 4 is 17.8 Å². The summed E-state index contributed by atoms with van der Waals surface area (Å²) in [5.41, 5.74) is 0.0348. The van der Waals surface area contributed by atoms with Crippen LogP contribution in [0.2, 0.25) is 0 Å². The van der Waals surface area contributed by atoms with E-state index in [4.69, 9.17) is 4.74 Å². The van der Waals surface area contributed by atoms with Gasteiger partial charge in [0.15, 0.2) is 0 Å². The van der Waals surface area contributed by atoms with Crippen LogP contribution in [0.3, 0.4) is 0 Å². The van der Waals surface area contributed by atoms with Crippen molar-refractivity contribution in [3.8, 4) is 0 Å². The fourth-order valence-electron chi connectivity index (χ4n) is 3.24. The van der Waals surface area contributed by atoms with E-state index in [1.165, 1.54) is 23.8 Å². The minimum absolute atomic E-state index is 0.0369. The predicted octanol–water partition coefficient (Wildman–Crippen LogP) is 1.03. The molecule has 0 bridgehead atoms. The summed E-state index contributed by atoms with van der Waals surface area (Å²) in [6.07, 6.45) is 1.02. The molecule has 0 spiro atoms. The van der Waals surface area contributed by atoms with Crippen molar-refractivity contribution in [1.29, 1.82) is 0 Å². The first-order chi connectivity index (χ1) is 12.4. The number of carbonyl (C=O) groups excluding carboxylic acids is 2. The maximum absolute atomic E-state index is 12.6. The smallest absolute Gasteiger partial charge is 0.313 e. The van der Waals surface area contributed by atoms with Gasteiger partial charge in [-0.25, -0.2) is 0 Å². The lowest BCUT2D eigenvalue weighted by molar-refractivity contribution is -0.152. The van der Waals surface area contributed by atoms with E-state index in [1.54, 1.807) is 0 Å². The molecule has 0 aliphatic carbocycles. The van der Waals surface area contributed by atoms with E-state index in [0.717, 1.165) is 5.56 Å². The lowest BCUT2D eigenvalue weighted by Gasteiger charge is -2.26. The van der Waals surface area contributed by atoms with Gasteiger partial charge in [0.05, 0.1) is 13.2 Å². The molecule has 1 aliphatic rings. The van der Waals surface area contributed by atoms with E-state index in [9.17, 15) is 19.5 Å². The third-order valence-corrected chi connectivity index (χ3v) is 4.87. The van der Waals surface area contributed by atoms with Crippen LogP contribution < -0.4 is 0 Å². The van der Waals surface area contributed by atoms with Crippen LogP contribution in [-0.4, -0.2) is 72.6 Å². The number of carboxylic acid groups (broad SMARTS) is 1. The Labute approximate surface area is 153 Å². The normalized spacial score (nSPS) is 19.4. The summed E-state index contributed by atoms with van der Waals surface area (Å²) in [7, 11) is 1.45. The third-order valence-electron chi connectivity index (χ3n) is 4.87. The van der Waals surface area contributed by atoms with Crippen LogP contribution in [0.25, 0.3) is 0 Å². The molecule has 1 aromatic carbocycles. The monoisotopic (exact) mass is 362 g/mol. The van der Waals surface area contributed by atoms with Gasteiger partial charge in [0, 0.05) is 33.7 Å². The quantitative estimate of drug-likeness (QED) is 0.746. The highest BCUT2D eigenvalue weighted by molar-refractivity contribution is 5.85. The Morgan fingerprint density at radius 3 is 2.54 bits per heavy atom. The number of nitrogens with zero attached hydrogens (tertiary/aromatic N) is 2. The number of carboxylic acids is 1. The molecule has 0 radical (unpaired) electrons. The number of aliphatic carboxylic acids is 1. The summed E-state index contributed by atoms with van der Waals surface area (Å²) < 4.78 is 5.04. The maximum atomic E-state index is 12.6. The van der Waals surface area contributed by atoms with Gasteiger partial charge in [0.25, 0.3) is 0 Å². The number of benzene rings is 1. The molecule has 1 aliphatic heterocycles. The Bertz CT molecular complexity index is 649. The number of carbonyl (C=O) groups is 3. The second kappa shape index (κ2) is 8.80. The minimum atomic E-state index is -1.06. The van der Waals surface area contributed by atoms with Crippen LogP contribution in [0.15, 0.2) is 30.3 Å². The number of amides is 2. The topological polar surface area (TPSA) is 87.2 Å². The Morgan fingerprint density at radius 2 is 1.96 bits per heavy atom. The zero-order valence-corrected chi connectivity index (χ0v) is 15.3. The molecule has 2 rings (SSSR count). The molecule has 1 N–H and O–H groups in total. The second-order valence-electron chi connectivity index (χ2n) is 6.76. The lowest BCUT2D eigenvalue weighted by atomic mass is 9.88. The summed E-state index contributed by atoms with van der Waals surface area (Å²) in [6.45, 7) is 2.38. The Morgan fingerprint density at radius 1 is 1.27 bits per heavy atom. The molecule has 2 amide bonds. The fourth-order valence-corrected chi connectivity index (χ4v) is 3.24. The van der Waals surface area contributed by atoms with Gasteiger partial charge in [0.2, 0.25) is 11.8 Å². The van der Waals surface area contributed by atoms with E-state index in [2.05, 4.69) is 0 Å². The van der Waals surface area contributed by atoms with Crippen molar-refractivity contribution < 1.29 is 24.2 Å². The molecule has 7 nitrogen and oxygen atoms in total. The molecular formula is C19H26N2O5. The van der Waals surface area contributed by atoms with Crippen molar-refractivity contribution in [1.82, 2.24) is 9.80 Å². The van der Waals surface area contributed by atoms with Crippen LogP contribution in [-0.2, 0) is 25.5 Å². The van der Waals surface area contributed by atoms with E-state index < -0.39 is 11.4 Å². The van der Waals surface area contributed by atoms with Crippen LogP contribution in [0, 0.1) is 5.41 Å². The molecule has 1 saturated heterocycles. The average molecular weight is 362 g/mol. The largest absolute Gasteiger partial charge is 0.481 e. The minimum Gasteiger partial charge on any atom is -0.481 e. The van der Waals surface area contributed by atoms with Crippen LogP contribution >= 0.6 is 0 Å². The zero-order valence-electron chi connectivity index (χ0n) is 15.3. The van der Waals surface area contributed by atoms with Gasteiger partial charge in [-0.2, -0.15) is 0 Å². The SMILES string of the molecule is COCC1(C(=O)O)CCN(C(=O)CN(CCc2ccccc2)C(C)=O)C1. The third kappa shape index (κ3) is 4.82. The molecule has 1 fully saturated rings. The van der Waals surface area contributed by atoms with Gasteiger partial charge in [-0.15, -0.1) is 0 Å². The molecule has 0 aromatic heterocycles. The van der Waals surface area contributed by atoms with Crippen molar-refractivity contribution in [3.05, 3.63) is 35.9 Å². The first kappa shape index (κ1) is 19.9. The first-order valence-electron chi connectivity index (χ1n) is 8.67. The first-order valence-corrected chi connectivity index (χ1v) is 8.67. The fraction of sp³-hybridized carbons (Fsp3) is 0.526. The lowest BCUT2D eigenvalue weighted by Crippen LogP contribution is -2.44.